The Morgan fingerprint density at radius 3 is 2.21 bits per heavy atom. The highest BCUT2D eigenvalue weighted by molar-refractivity contribution is 6.05. The van der Waals surface area contributed by atoms with Gasteiger partial charge < -0.3 is 34.3 Å². The van der Waals surface area contributed by atoms with Gasteiger partial charge in [-0.2, -0.15) is 5.26 Å². The van der Waals surface area contributed by atoms with E-state index in [-0.39, 0.29) is 41.2 Å². The fourth-order valence-corrected chi connectivity index (χ4v) is 4.45. The van der Waals surface area contributed by atoms with Gasteiger partial charge in [0.05, 0.1) is 30.3 Å². The van der Waals surface area contributed by atoms with E-state index < -0.39 is 65.9 Å². The van der Waals surface area contributed by atoms with Crippen LogP contribution in [0.5, 0.6) is 0 Å². The molecule has 1 heterocycles. The molecule has 1 aliphatic heterocycles. The third-order valence-corrected chi connectivity index (χ3v) is 6.40. The minimum absolute atomic E-state index is 0.0393. The van der Waals surface area contributed by atoms with Gasteiger partial charge in [0.2, 0.25) is 6.10 Å². The number of nitriles is 1. The number of carboxylic acids is 1. The van der Waals surface area contributed by atoms with Crippen LogP contribution >= 0.6 is 0 Å². The van der Waals surface area contributed by atoms with Gasteiger partial charge in [0.15, 0.2) is 6.10 Å². The number of benzene rings is 2. The third-order valence-electron chi connectivity index (χ3n) is 6.40. The number of aromatic carboxylic acids is 1. The summed E-state index contributed by atoms with van der Waals surface area (Å²) in [6.45, 7) is 10.2. The van der Waals surface area contributed by atoms with Crippen molar-refractivity contribution >= 4 is 47.3 Å². The topological polar surface area (TPSA) is 202 Å². The second-order valence-corrected chi connectivity index (χ2v) is 12.7. The monoisotopic (exact) mass is 666 g/mol. The average Bonchev–Trinajstić information content (AvgIpc) is 2.97. The summed E-state index contributed by atoms with van der Waals surface area (Å²) in [5.74, 6) is -3.80. The maximum absolute atomic E-state index is 13.6. The molecule has 0 saturated carbocycles. The van der Waals surface area contributed by atoms with Crippen LogP contribution in [0.15, 0.2) is 42.5 Å². The number of carboxylic acid groups (broad SMARTS) is 1. The molecule has 3 rings (SSSR count). The predicted octanol–water partition coefficient (Wildman–Crippen LogP) is 4.23. The zero-order chi connectivity index (χ0) is 36.0. The number of imide groups is 1. The van der Waals surface area contributed by atoms with E-state index in [1.807, 2.05) is 6.07 Å². The number of morpholine rings is 1. The SMILES string of the molecule is CC(=O)O[C@@H](C(=O)Nc1ccc(C#N)c(CN(C(=O)OC(C)(C)C)C(=O)OC(C)(C)C)c1)[C@H]1OCCN(c2cccc(C(=O)O)c2)C1=O. The smallest absolute Gasteiger partial charge is 0.420 e. The molecule has 0 spiro atoms. The van der Waals surface area contributed by atoms with Gasteiger partial charge in [-0.25, -0.2) is 19.3 Å². The van der Waals surface area contributed by atoms with E-state index in [4.69, 9.17) is 18.9 Å². The standard InChI is InChI=1S/C33H38N4O11/c1-19(38)46-25(26-28(40)36(13-14-45-26)24-10-8-9-20(16-24)29(41)42)27(39)35-23-12-11-21(17-34)22(15-23)18-37(30(43)47-32(2,3)4)31(44)48-33(5,6)7/h8-12,15-16,25-26H,13-14,18H2,1-7H3,(H,35,39)(H,41,42)/t25-,26-/m1/s1. The Morgan fingerprint density at radius 2 is 1.67 bits per heavy atom. The van der Waals surface area contributed by atoms with Gasteiger partial charge in [0.1, 0.15) is 11.2 Å². The highest BCUT2D eigenvalue weighted by Gasteiger charge is 2.43. The number of rotatable bonds is 8. The lowest BCUT2D eigenvalue weighted by Gasteiger charge is -2.35. The maximum Gasteiger partial charge on any atom is 0.420 e. The maximum atomic E-state index is 13.6. The Hall–Kier alpha value is -5.49. The summed E-state index contributed by atoms with van der Waals surface area (Å²) in [6, 6.07) is 11.6. The van der Waals surface area contributed by atoms with E-state index in [0.717, 1.165) is 6.92 Å². The third kappa shape index (κ3) is 10.0. The molecule has 0 unspecified atom stereocenters. The second-order valence-electron chi connectivity index (χ2n) is 12.7. The van der Waals surface area contributed by atoms with Crippen molar-refractivity contribution in [3.63, 3.8) is 0 Å². The fraction of sp³-hybridized carbons (Fsp3) is 0.424. The summed E-state index contributed by atoms with van der Waals surface area (Å²) >= 11 is 0. The Bertz CT molecular complexity index is 1610. The van der Waals surface area contributed by atoms with E-state index in [0.29, 0.717) is 4.90 Å². The largest absolute Gasteiger partial charge is 0.478 e. The first-order valence-electron chi connectivity index (χ1n) is 14.8. The van der Waals surface area contributed by atoms with Crippen molar-refractivity contribution in [3.05, 3.63) is 59.2 Å². The number of amides is 4. The molecule has 1 saturated heterocycles. The number of nitrogens with one attached hydrogen (secondary N) is 1. The van der Waals surface area contributed by atoms with Crippen LogP contribution in [0.2, 0.25) is 0 Å². The molecule has 2 N–H and O–H groups in total. The van der Waals surface area contributed by atoms with Gasteiger partial charge in [0.25, 0.3) is 11.8 Å². The number of hydrogen-bond donors (Lipinski definition) is 2. The summed E-state index contributed by atoms with van der Waals surface area (Å²) in [5, 5.41) is 21.7. The van der Waals surface area contributed by atoms with Crippen molar-refractivity contribution in [1.82, 2.24) is 4.90 Å². The zero-order valence-electron chi connectivity index (χ0n) is 27.7. The lowest BCUT2D eigenvalue weighted by Crippen LogP contribution is -2.56. The van der Waals surface area contributed by atoms with Crippen LogP contribution in [-0.2, 0) is 39.9 Å². The van der Waals surface area contributed by atoms with E-state index in [9.17, 15) is 39.1 Å². The zero-order valence-corrected chi connectivity index (χ0v) is 27.7. The summed E-state index contributed by atoms with van der Waals surface area (Å²) in [6.07, 6.45) is -5.43. The lowest BCUT2D eigenvalue weighted by atomic mass is 10.1. The molecule has 15 nitrogen and oxygen atoms in total. The molecule has 15 heteroatoms. The molecule has 48 heavy (non-hydrogen) atoms. The summed E-state index contributed by atoms with van der Waals surface area (Å²) in [7, 11) is 0. The van der Waals surface area contributed by atoms with Gasteiger partial charge in [-0.1, -0.05) is 6.07 Å². The molecule has 1 fully saturated rings. The van der Waals surface area contributed by atoms with Crippen LogP contribution < -0.4 is 10.2 Å². The molecule has 4 amide bonds. The Labute approximate surface area is 277 Å². The van der Waals surface area contributed by atoms with Gasteiger partial charge in [-0.15, -0.1) is 0 Å². The number of esters is 1. The quantitative estimate of drug-likeness (QED) is 0.300. The normalized spacial score (nSPS) is 15.4. The summed E-state index contributed by atoms with van der Waals surface area (Å²) in [4.78, 5) is 78.6. The molecule has 256 valence electrons. The number of nitrogens with zero attached hydrogens (tertiary/aromatic N) is 3. The molecule has 0 radical (unpaired) electrons. The van der Waals surface area contributed by atoms with E-state index >= 15 is 0 Å². The first-order chi connectivity index (χ1) is 22.3. The molecule has 0 aromatic heterocycles. The van der Waals surface area contributed by atoms with Crippen molar-refractivity contribution < 1.29 is 52.8 Å². The molecular formula is C33H38N4O11. The molecule has 2 aromatic rings. The summed E-state index contributed by atoms with van der Waals surface area (Å²) < 4.78 is 21.6. The molecule has 0 bridgehead atoms. The molecule has 1 aliphatic rings. The van der Waals surface area contributed by atoms with Crippen LogP contribution in [0.3, 0.4) is 0 Å². The highest BCUT2D eigenvalue weighted by Crippen LogP contribution is 2.25. The summed E-state index contributed by atoms with van der Waals surface area (Å²) in [5.41, 5.74) is -1.50. The van der Waals surface area contributed by atoms with Gasteiger partial charge >= 0.3 is 24.1 Å². The Morgan fingerprint density at radius 1 is 1.04 bits per heavy atom. The van der Waals surface area contributed by atoms with E-state index in [1.165, 1.54) is 47.4 Å². The number of hydrogen-bond acceptors (Lipinski definition) is 11. The Kier molecular flexibility index (Phi) is 11.5. The number of carbonyl (C=O) groups is 6. The van der Waals surface area contributed by atoms with Gasteiger partial charge in [0, 0.05) is 24.8 Å². The molecule has 2 atom stereocenters. The minimum atomic E-state index is -1.78. The van der Waals surface area contributed by atoms with E-state index in [1.54, 1.807) is 41.5 Å². The van der Waals surface area contributed by atoms with Crippen molar-refractivity contribution in [1.29, 1.82) is 5.26 Å². The molecular weight excluding hydrogens is 628 g/mol. The minimum Gasteiger partial charge on any atom is -0.478 e. The number of ether oxygens (including phenoxy) is 4. The van der Waals surface area contributed by atoms with Gasteiger partial charge in [-0.3, -0.25) is 14.4 Å². The van der Waals surface area contributed by atoms with Gasteiger partial charge in [-0.05, 0) is 83.5 Å². The van der Waals surface area contributed by atoms with Crippen LogP contribution in [0.25, 0.3) is 0 Å². The fourth-order valence-electron chi connectivity index (χ4n) is 4.45. The second kappa shape index (κ2) is 14.9. The highest BCUT2D eigenvalue weighted by atomic mass is 16.6. The number of anilines is 2. The van der Waals surface area contributed by atoms with Crippen LogP contribution in [-0.4, -0.2) is 82.5 Å². The van der Waals surface area contributed by atoms with Crippen molar-refractivity contribution in [2.75, 3.05) is 23.4 Å². The van der Waals surface area contributed by atoms with E-state index in [2.05, 4.69) is 5.32 Å². The number of carbonyl (C=O) groups excluding carboxylic acids is 5. The predicted molar refractivity (Wildman–Crippen MR) is 169 cm³/mol. The van der Waals surface area contributed by atoms with Crippen LogP contribution in [0.4, 0.5) is 21.0 Å². The Balaban J connectivity index is 1.92. The first kappa shape index (κ1) is 37.0. The first-order valence-corrected chi connectivity index (χ1v) is 14.8. The van der Waals surface area contributed by atoms with Crippen molar-refractivity contribution in [2.45, 2.75) is 78.4 Å². The van der Waals surface area contributed by atoms with Crippen molar-refractivity contribution in [3.8, 4) is 6.07 Å². The average molecular weight is 667 g/mol. The lowest BCUT2D eigenvalue weighted by molar-refractivity contribution is -0.167. The molecule has 2 aromatic carbocycles. The van der Waals surface area contributed by atoms with Crippen LogP contribution in [0, 0.1) is 11.3 Å². The van der Waals surface area contributed by atoms with Crippen molar-refractivity contribution in [2.24, 2.45) is 0 Å². The molecule has 0 aliphatic carbocycles. The van der Waals surface area contributed by atoms with Crippen LogP contribution in [0.1, 0.15) is 70.0 Å².